The molecule has 3 rings (SSSR count). The summed E-state index contributed by atoms with van der Waals surface area (Å²) in [5.74, 6) is -6.05. The van der Waals surface area contributed by atoms with E-state index in [0.29, 0.717) is 12.1 Å². The molecule has 0 radical (unpaired) electrons. The fraction of sp³-hybridized carbons (Fsp3) is 0.409. The molecule has 1 aliphatic heterocycles. The topological polar surface area (TPSA) is 116 Å². The first kappa shape index (κ1) is 25.2. The Kier molecular flexibility index (Phi) is 7.62. The molecular weight excluding hydrogens is 461 g/mol. The lowest BCUT2D eigenvalue weighted by atomic mass is 10.1. The van der Waals surface area contributed by atoms with Crippen LogP contribution in [0.15, 0.2) is 23.1 Å². The van der Waals surface area contributed by atoms with Crippen LogP contribution in [0, 0.1) is 17.5 Å². The van der Waals surface area contributed by atoms with Gasteiger partial charge in [-0.15, -0.1) is 0 Å². The molecule has 2 aromatic rings. The molecule has 0 spiro atoms. The Bertz CT molecular complexity index is 1140. The van der Waals surface area contributed by atoms with E-state index >= 15 is 0 Å². The van der Waals surface area contributed by atoms with E-state index in [1.54, 1.807) is 13.8 Å². The van der Waals surface area contributed by atoms with Gasteiger partial charge < -0.3 is 29.2 Å². The highest BCUT2D eigenvalue weighted by molar-refractivity contribution is 5.97. The number of benzene rings is 1. The molecule has 1 aromatic heterocycles. The monoisotopic (exact) mass is 484 g/mol. The lowest BCUT2D eigenvalue weighted by Crippen LogP contribution is -2.34. The number of pyridine rings is 1. The molecule has 34 heavy (non-hydrogen) atoms. The highest BCUT2D eigenvalue weighted by Gasteiger charge is 2.35. The van der Waals surface area contributed by atoms with Crippen LogP contribution in [-0.2, 0) is 16.0 Å². The Morgan fingerprint density at radius 3 is 2.44 bits per heavy atom. The van der Waals surface area contributed by atoms with Gasteiger partial charge in [0.05, 0.1) is 25.9 Å². The number of esters is 1. The first-order chi connectivity index (χ1) is 16.0. The van der Waals surface area contributed by atoms with Gasteiger partial charge in [0.2, 0.25) is 5.43 Å². The lowest BCUT2D eigenvalue weighted by Gasteiger charge is -2.24. The third-order valence-corrected chi connectivity index (χ3v) is 5.10. The van der Waals surface area contributed by atoms with Crippen LogP contribution in [-0.4, -0.2) is 47.7 Å². The lowest BCUT2D eigenvalue weighted by molar-refractivity contribution is -0.0790. The molecule has 9 nitrogen and oxygen atoms in total. The molecule has 2 N–H and O–H groups in total. The first-order valence-electron chi connectivity index (χ1n) is 10.3. The maximum atomic E-state index is 13.9. The number of amides is 1. The first-order valence-corrected chi connectivity index (χ1v) is 10.3. The van der Waals surface area contributed by atoms with E-state index in [2.05, 4.69) is 5.32 Å². The Balaban J connectivity index is 2.05. The largest absolute Gasteiger partial charge is 0.491 e. The van der Waals surface area contributed by atoms with E-state index in [0.717, 1.165) is 17.9 Å². The summed E-state index contributed by atoms with van der Waals surface area (Å²) >= 11 is 0. The van der Waals surface area contributed by atoms with Gasteiger partial charge in [-0.1, -0.05) is 0 Å². The predicted octanol–water partition coefficient (Wildman–Crippen LogP) is 2.05. The van der Waals surface area contributed by atoms with Crippen molar-refractivity contribution in [2.75, 3.05) is 13.7 Å². The maximum absolute atomic E-state index is 13.9. The molecular formula is C22H23F3N2O7. The number of carbonyl (C=O) groups is 2. The normalized spacial score (nSPS) is 17.6. The van der Waals surface area contributed by atoms with E-state index in [1.807, 2.05) is 0 Å². The van der Waals surface area contributed by atoms with E-state index < -0.39 is 76.6 Å². The van der Waals surface area contributed by atoms with Crippen molar-refractivity contribution in [2.45, 2.75) is 45.2 Å². The van der Waals surface area contributed by atoms with Gasteiger partial charge in [-0.3, -0.25) is 9.59 Å². The molecule has 0 aliphatic carbocycles. The predicted molar refractivity (Wildman–Crippen MR) is 111 cm³/mol. The van der Waals surface area contributed by atoms with Crippen molar-refractivity contribution in [3.63, 3.8) is 0 Å². The molecule has 2 heterocycles. The fourth-order valence-corrected chi connectivity index (χ4v) is 3.53. The van der Waals surface area contributed by atoms with Crippen molar-refractivity contribution in [2.24, 2.45) is 0 Å². The molecule has 1 fully saturated rings. The smallest absolute Gasteiger partial charge is 0.359 e. The van der Waals surface area contributed by atoms with Crippen LogP contribution >= 0.6 is 0 Å². The minimum absolute atomic E-state index is 0.142. The number of nitrogens with zero attached hydrogens (tertiary/aromatic N) is 1. The zero-order valence-electron chi connectivity index (χ0n) is 18.6. The third-order valence-electron chi connectivity index (χ3n) is 5.10. The summed E-state index contributed by atoms with van der Waals surface area (Å²) in [6, 6.07) is 0.0525. The number of halogens is 3. The molecule has 1 unspecified atom stereocenters. The van der Waals surface area contributed by atoms with Gasteiger partial charge in [0.15, 0.2) is 17.7 Å². The van der Waals surface area contributed by atoms with Gasteiger partial charge in [0, 0.05) is 30.4 Å². The second-order valence-electron chi connectivity index (χ2n) is 7.76. The number of ether oxygens (including phenoxy) is 3. The van der Waals surface area contributed by atoms with Gasteiger partial charge in [-0.05, 0) is 20.3 Å². The van der Waals surface area contributed by atoms with Crippen LogP contribution in [0.3, 0.4) is 0 Å². The average molecular weight is 484 g/mol. The highest BCUT2D eigenvalue weighted by atomic mass is 19.1. The Morgan fingerprint density at radius 1 is 1.26 bits per heavy atom. The zero-order chi connectivity index (χ0) is 25.2. The summed E-state index contributed by atoms with van der Waals surface area (Å²) < 4.78 is 57.5. The van der Waals surface area contributed by atoms with E-state index in [4.69, 9.17) is 14.2 Å². The fourth-order valence-electron chi connectivity index (χ4n) is 3.53. The number of aromatic nitrogens is 1. The number of rotatable bonds is 7. The van der Waals surface area contributed by atoms with Crippen molar-refractivity contribution < 1.29 is 42.1 Å². The molecule has 1 saturated heterocycles. The quantitative estimate of drug-likeness (QED) is 0.578. The molecule has 1 aromatic carbocycles. The molecule has 1 amide bonds. The highest BCUT2D eigenvalue weighted by Crippen LogP contribution is 2.29. The van der Waals surface area contributed by atoms with E-state index in [-0.39, 0.29) is 18.7 Å². The average Bonchev–Trinajstić information content (AvgIpc) is 3.17. The molecule has 1 aliphatic rings. The summed E-state index contributed by atoms with van der Waals surface area (Å²) in [6.07, 6.45) is -0.635. The Morgan fingerprint density at radius 2 is 1.91 bits per heavy atom. The maximum Gasteiger partial charge on any atom is 0.359 e. The number of hydrogen-bond donors (Lipinski definition) is 2. The van der Waals surface area contributed by atoms with Crippen LogP contribution in [0.1, 0.15) is 52.7 Å². The number of nitrogens with one attached hydrogen (secondary N) is 1. The summed E-state index contributed by atoms with van der Waals surface area (Å²) in [5.41, 5.74) is -2.46. The minimum atomic E-state index is -1.35. The molecule has 0 bridgehead atoms. The van der Waals surface area contributed by atoms with Crippen LogP contribution in [0.25, 0.3) is 0 Å². The van der Waals surface area contributed by atoms with Gasteiger partial charge in [-0.2, -0.15) is 0 Å². The van der Waals surface area contributed by atoms with Crippen molar-refractivity contribution in [3.8, 4) is 5.75 Å². The van der Waals surface area contributed by atoms with Gasteiger partial charge >= 0.3 is 5.97 Å². The van der Waals surface area contributed by atoms with Crippen molar-refractivity contribution >= 4 is 11.9 Å². The molecule has 12 heteroatoms. The zero-order valence-corrected chi connectivity index (χ0v) is 18.6. The molecule has 2 atom stereocenters. The van der Waals surface area contributed by atoms with Gasteiger partial charge in [0.1, 0.15) is 23.0 Å². The van der Waals surface area contributed by atoms with Crippen molar-refractivity contribution in [1.82, 2.24) is 9.88 Å². The minimum Gasteiger partial charge on any atom is -0.491 e. The van der Waals surface area contributed by atoms with Crippen molar-refractivity contribution in [3.05, 3.63) is 62.8 Å². The second-order valence-corrected chi connectivity index (χ2v) is 7.76. The molecule has 184 valence electrons. The Hall–Kier alpha value is -3.38. The van der Waals surface area contributed by atoms with E-state index in [9.17, 15) is 32.7 Å². The number of hydrogen-bond acceptors (Lipinski definition) is 7. The SMILES string of the molecule is COc1c(C(=O)OC(C)C)n([C@@H]2CCOC2O)cc(C(=O)NCc2c(F)cc(F)cc2F)c1=O. The summed E-state index contributed by atoms with van der Waals surface area (Å²) in [5, 5.41) is 12.4. The van der Waals surface area contributed by atoms with Crippen LogP contribution in [0.2, 0.25) is 0 Å². The molecule has 0 saturated carbocycles. The standard InChI is InChI=1S/C22H23F3N2O7/c1-10(2)34-22(31)17-19(32-3)18(28)13(9-27(17)16-4-5-33-21(16)30)20(29)26-8-12-14(24)6-11(23)7-15(12)25/h6-7,9-10,16,21,30H,4-5,8H2,1-3H3,(H,26,29)/t16-,21?/m1/s1. The number of methoxy groups -OCH3 is 1. The van der Waals surface area contributed by atoms with Crippen molar-refractivity contribution in [1.29, 1.82) is 0 Å². The van der Waals surface area contributed by atoms with Crippen LogP contribution in [0.5, 0.6) is 5.75 Å². The summed E-state index contributed by atoms with van der Waals surface area (Å²) in [6.45, 7) is 2.64. The number of aliphatic hydroxyl groups excluding tert-OH is 1. The number of aliphatic hydroxyl groups is 1. The number of carbonyl (C=O) groups excluding carboxylic acids is 2. The summed E-state index contributed by atoms with van der Waals surface area (Å²) in [4.78, 5) is 38.6. The van der Waals surface area contributed by atoms with E-state index in [1.165, 1.54) is 0 Å². The van der Waals surface area contributed by atoms with Gasteiger partial charge in [0.25, 0.3) is 5.91 Å². The third kappa shape index (κ3) is 5.07. The Labute approximate surface area is 192 Å². The van der Waals surface area contributed by atoms with Gasteiger partial charge in [-0.25, -0.2) is 18.0 Å². The summed E-state index contributed by atoms with van der Waals surface area (Å²) in [7, 11) is 1.11. The van der Waals surface area contributed by atoms with Crippen LogP contribution in [0.4, 0.5) is 13.2 Å². The second kappa shape index (κ2) is 10.3. The van der Waals surface area contributed by atoms with Crippen LogP contribution < -0.4 is 15.5 Å².